The van der Waals surface area contributed by atoms with Crippen LogP contribution in [0.4, 0.5) is 0 Å². The van der Waals surface area contributed by atoms with Crippen molar-refractivity contribution < 1.29 is 14.3 Å². The van der Waals surface area contributed by atoms with Crippen LogP contribution < -0.4 is 4.74 Å². The van der Waals surface area contributed by atoms with Gasteiger partial charge in [0.15, 0.2) is 0 Å². The molecule has 22 heavy (non-hydrogen) atoms. The molecule has 0 fully saturated rings. The molecule has 0 bridgehead atoms. The Morgan fingerprint density at radius 3 is 2.27 bits per heavy atom. The first-order chi connectivity index (χ1) is 10.7. The largest absolute Gasteiger partial charge is 0.497 e. The van der Waals surface area contributed by atoms with E-state index in [0.717, 1.165) is 27.6 Å². The Labute approximate surface area is 129 Å². The number of rotatable bonds is 3. The lowest BCUT2D eigenvalue weighted by Gasteiger charge is -2.08. The second kappa shape index (κ2) is 5.90. The summed E-state index contributed by atoms with van der Waals surface area (Å²) in [5.74, 6) is 0.514. The lowest BCUT2D eigenvalue weighted by molar-refractivity contribution is 0.0603. The van der Waals surface area contributed by atoms with Crippen molar-refractivity contribution in [1.29, 1.82) is 0 Å². The van der Waals surface area contributed by atoms with Crippen molar-refractivity contribution in [3.05, 3.63) is 66.2 Å². The molecule has 0 atom stereocenters. The quantitative estimate of drug-likeness (QED) is 0.675. The van der Waals surface area contributed by atoms with Gasteiger partial charge < -0.3 is 9.47 Å². The maximum absolute atomic E-state index is 11.8. The van der Waals surface area contributed by atoms with Crippen LogP contribution in [-0.4, -0.2) is 20.2 Å². The first kappa shape index (κ1) is 14.1. The van der Waals surface area contributed by atoms with Gasteiger partial charge in [0.05, 0.1) is 19.8 Å². The average molecular weight is 292 g/mol. The zero-order chi connectivity index (χ0) is 15.5. The van der Waals surface area contributed by atoms with Gasteiger partial charge in [0.2, 0.25) is 0 Å². The van der Waals surface area contributed by atoms with E-state index in [1.807, 2.05) is 48.5 Å². The van der Waals surface area contributed by atoms with E-state index in [1.165, 1.54) is 7.11 Å². The number of carbonyl (C=O) groups is 1. The van der Waals surface area contributed by atoms with E-state index < -0.39 is 0 Å². The van der Waals surface area contributed by atoms with Crippen LogP contribution in [0.3, 0.4) is 0 Å². The Morgan fingerprint density at radius 1 is 0.864 bits per heavy atom. The molecule has 110 valence electrons. The molecule has 0 aliphatic rings. The molecule has 3 heteroatoms. The molecule has 0 radical (unpaired) electrons. The highest BCUT2D eigenvalue weighted by Gasteiger charge is 2.10. The van der Waals surface area contributed by atoms with Gasteiger partial charge in [-0.3, -0.25) is 0 Å². The van der Waals surface area contributed by atoms with Crippen molar-refractivity contribution >= 4 is 16.7 Å². The van der Waals surface area contributed by atoms with Gasteiger partial charge in [0, 0.05) is 0 Å². The number of carbonyl (C=O) groups excluding carboxylic acids is 1. The number of esters is 1. The molecule has 0 aromatic heterocycles. The standard InChI is InChI=1S/C19H16O3/c1-21-16-9-6-13(7-10-16)14-8-11-17-15(12-14)4-3-5-18(17)19(20)22-2/h3-12H,1-2H3. The number of hydrogen-bond acceptors (Lipinski definition) is 3. The Bertz CT molecular complexity index is 820. The Balaban J connectivity index is 2.08. The lowest BCUT2D eigenvalue weighted by Crippen LogP contribution is -2.01. The summed E-state index contributed by atoms with van der Waals surface area (Å²) < 4.78 is 10.0. The van der Waals surface area contributed by atoms with Crippen molar-refractivity contribution in [3.8, 4) is 16.9 Å². The normalized spacial score (nSPS) is 10.5. The topological polar surface area (TPSA) is 35.5 Å². The van der Waals surface area contributed by atoms with Crippen molar-refractivity contribution in [2.45, 2.75) is 0 Å². The fraction of sp³-hybridized carbons (Fsp3) is 0.105. The Morgan fingerprint density at radius 2 is 1.59 bits per heavy atom. The molecule has 0 spiro atoms. The molecule has 0 aliphatic carbocycles. The summed E-state index contributed by atoms with van der Waals surface area (Å²) in [5, 5.41) is 1.91. The van der Waals surface area contributed by atoms with Crippen LogP contribution >= 0.6 is 0 Å². The molecule has 3 aromatic carbocycles. The highest BCUT2D eigenvalue weighted by molar-refractivity contribution is 6.05. The zero-order valence-electron chi connectivity index (χ0n) is 12.5. The van der Waals surface area contributed by atoms with Crippen molar-refractivity contribution in [2.24, 2.45) is 0 Å². The summed E-state index contributed by atoms with van der Waals surface area (Å²) in [6, 6.07) is 19.6. The first-order valence-corrected chi connectivity index (χ1v) is 6.98. The van der Waals surface area contributed by atoms with E-state index in [1.54, 1.807) is 13.2 Å². The molecule has 3 aromatic rings. The molecule has 3 nitrogen and oxygen atoms in total. The second-order valence-electron chi connectivity index (χ2n) is 4.96. The maximum Gasteiger partial charge on any atom is 0.338 e. The van der Waals surface area contributed by atoms with Crippen LogP contribution in [0.25, 0.3) is 21.9 Å². The third kappa shape index (κ3) is 2.53. The molecule has 0 unspecified atom stereocenters. The number of ether oxygens (including phenoxy) is 2. The third-order valence-corrected chi connectivity index (χ3v) is 3.71. The third-order valence-electron chi connectivity index (χ3n) is 3.71. The van der Waals surface area contributed by atoms with Gasteiger partial charge in [-0.25, -0.2) is 4.79 Å². The second-order valence-corrected chi connectivity index (χ2v) is 4.96. The summed E-state index contributed by atoms with van der Waals surface area (Å²) in [5.41, 5.74) is 2.78. The van der Waals surface area contributed by atoms with Gasteiger partial charge in [0.25, 0.3) is 0 Å². The highest BCUT2D eigenvalue weighted by atomic mass is 16.5. The number of fused-ring (bicyclic) bond motifs is 1. The van der Waals surface area contributed by atoms with Crippen LogP contribution in [0.5, 0.6) is 5.75 Å². The molecule has 0 amide bonds. The smallest absolute Gasteiger partial charge is 0.338 e. The summed E-state index contributed by atoms with van der Waals surface area (Å²) in [6.45, 7) is 0. The fourth-order valence-corrected chi connectivity index (χ4v) is 2.53. The Hall–Kier alpha value is -2.81. The first-order valence-electron chi connectivity index (χ1n) is 6.98. The lowest BCUT2D eigenvalue weighted by atomic mass is 9.98. The van der Waals surface area contributed by atoms with E-state index in [0.29, 0.717) is 5.56 Å². The van der Waals surface area contributed by atoms with Crippen LogP contribution in [0, 0.1) is 0 Å². The summed E-state index contributed by atoms with van der Waals surface area (Å²) in [7, 11) is 3.05. The SMILES string of the molecule is COC(=O)c1cccc2cc(-c3ccc(OC)cc3)ccc12. The van der Waals surface area contributed by atoms with Gasteiger partial charge in [-0.2, -0.15) is 0 Å². The van der Waals surface area contributed by atoms with Gasteiger partial charge in [0.1, 0.15) is 5.75 Å². The van der Waals surface area contributed by atoms with Gasteiger partial charge >= 0.3 is 5.97 Å². The molecule has 0 saturated carbocycles. The van der Waals surface area contributed by atoms with E-state index in [9.17, 15) is 4.79 Å². The van der Waals surface area contributed by atoms with Gasteiger partial charge in [-0.05, 0) is 46.2 Å². The van der Waals surface area contributed by atoms with E-state index in [2.05, 4.69) is 6.07 Å². The van der Waals surface area contributed by atoms with Crippen molar-refractivity contribution in [2.75, 3.05) is 14.2 Å². The van der Waals surface area contributed by atoms with Gasteiger partial charge in [-0.1, -0.05) is 36.4 Å². The van der Waals surface area contributed by atoms with Gasteiger partial charge in [-0.15, -0.1) is 0 Å². The predicted molar refractivity (Wildman–Crippen MR) is 87.3 cm³/mol. The summed E-state index contributed by atoms with van der Waals surface area (Å²) in [4.78, 5) is 11.8. The van der Waals surface area contributed by atoms with Crippen LogP contribution in [0.1, 0.15) is 10.4 Å². The predicted octanol–water partition coefficient (Wildman–Crippen LogP) is 4.30. The maximum atomic E-state index is 11.8. The molecular weight excluding hydrogens is 276 g/mol. The van der Waals surface area contributed by atoms with Crippen LogP contribution in [-0.2, 0) is 4.74 Å². The number of hydrogen-bond donors (Lipinski definition) is 0. The minimum Gasteiger partial charge on any atom is -0.497 e. The van der Waals surface area contributed by atoms with E-state index in [-0.39, 0.29) is 5.97 Å². The van der Waals surface area contributed by atoms with Crippen molar-refractivity contribution in [3.63, 3.8) is 0 Å². The molecule has 0 aliphatic heterocycles. The molecule has 0 N–H and O–H groups in total. The summed E-state index contributed by atoms with van der Waals surface area (Å²) in [6.07, 6.45) is 0. The van der Waals surface area contributed by atoms with Crippen LogP contribution in [0.15, 0.2) is 60.7 Å². The summed E-state index contributed by atoms with van der Waals surface area (Å²) >= 11 is 0. The number of benzene rings is 3. The van der Waals surface area contributed by atoms with E-state index in [4.69, 9.17) is 9.47 Å². The Kier molecular flexibility index (Phi) is 3.79. The molecule has 0 saturated heterocycles. The zero-order valence-corrected chi connectivity index (χ0v) is 12.5. The number of methoxy groups -OCH3 is 2. The minimum atomic E-state index is -0.317. The van der Waals surface area contributed by atoms with Crippen molar-refractivity contribution in [1.82, 2.24) is 0 Å². The monoisotopic (exact) mass is 292 g/mol. The molecule has 0 heterocycles. The highest BCUT2D eigenvalue weighted by Crippen LogP contribution is 2.28. The molecular formula is C19H16O3. The fourth-order valence-electron chi connectivity index (χ4n) is 2.53. The van der Waals surface area contributed by atoms with Crippen LogP contribution in [0.2, 0.25) is 0 Å². The molecule has 3 rings (SSSR count). The van der Waals surface area contributed by atoms with E-state index >= 15 is 0 Å². The average Bonchev–Trinajstić information content (AvgIpc) is 2.60. The minimum absolute atomic E-state index is 0.317.